The third-order valence-electron chi connectivity index (χ3n) is 5.22. The molecule has 1 heterocycles. The normalized spacial score (nSPS) is 14.4. The third-order valence-corrected chi connectivity index (χ3v) is 5.42. The zero-order valence-corrected chi connectivity index (χ0v) is 19.4. The standard InChI is InChI=1S/C24H32N4O2S/c1-4-27-12-14-28(15-13-27)21-10-8-20(9-11-21)25-24(31)26-23(29)19-6-5-7-22(16-19)30-17-18(2)3/h5-11,16,18H,4,12-15,17H2,1-3H3,(H2,25,26,29,31). The van der Waals surface area contributed by atoms with Gasteiger partial charge in [0.1, 0.15) is 5.75 Å². The Balaban J connectivity index is 1.51. The molecule has 0 saturated carbocycles. The first kappa shape index (κ1) is 23.0. The van der Waals surface area contributed by atoms with Crippen LogP contribution in [0.2, 0.25) is 0 Å². The lowest BCUT2D eigenvalue weighted by atomic mass is 10.2. The third kappa shape index (κ3) is 6.94. The SMILES string of the molecule is CCN1CCN(c2ccc(NC(=S)NC(=O)c3cccc(OCC(C)C)c3)cc2)CC1. The van der Waals surface area contributed by atoms with E-state index in [0.717, 1.165) is 38.4 Å². The smallest absolute Gasteiger partial charge is 0.257 e. The molecule has 0 radical (unpaired) electrons. The van der Waals surface area contributed by atoms with Crippen LogP contribution in [0, 0.1) is 5.92 Å². The molecule has 2 N–H and O–H groups in total. The highest BCUT2D eigenvalue weighted by Gasteiger charge is 2.16. The van der Waals surface area contributed by atoms with Gasteiger partial charge >= 0.3 is 0 Å². The molecule has 1 saturated heterocycles. The van der Waals surface area contributed by atoms with Crippen molar-refractivity contribution in [1.29, 1.82) is 0 Å². The second-order valence-electron chi connectivity index (χ2n) is 8.11. The van der Waals surface area contributed by atoms with Crippen LogP contribution in [0.15, 0.2) is 48.5 Å². The van der Waals surface area contributed by atoms with E-state index in [4.69, 9.17) is 17.0 Å². The van der Waals surface area contributed by atoms with Crippen molar-refractivity contribution in [2.45, 2.75) is 20.8 Å². The molecule has 1 aliphatic rings. The minimum Gasteiger partial charge on any atom is -0.493 e. The highest BCUT2D eigenvalue weighted by atomic mass is 32.1. The highest BCUT2D eigenvalue weighted by Crippen LogP contribution is 2.20. The maximum atomic E-state index is 12.5. The molecule has 1 aliphatic heterocycles. The average Bonchev–Trinajstić information content (AvgIpc) is 2.78. The fourth-order valence-corrected chi connectivity index (χ4v) is 3.62. The molecule has 2 aromatic rings. The second-order valence-corrected chi connectivity index (χ2v) is 8.52. The van der Waals surface area contributed by atoms with Gasteiger partial charge in [-0.05, 0) is 67.1 Å². The zero-order valence-electron chi connectivity index (χ0n) is 18.6. The summed E-state index contributed by atoms with van der Waals surface area (Å²) in [6.45, 7) is 12.3. The number of rotatable bonds is 7. The van der Waals surface area contributed by atoms with Crippen molar-refractivity contribution in [1.82, 2.24) is 10.2 Å². The lowest BCUT2D eigenvalue weighted by Crippen LogP contribution is -2.46. The molecule has 31 heavy (non-hydrogen) atoms. The van der Waals surface area contributed by atoms with Crippen molar-refractivity contribution in [2.75, 3.05) is 49.5 Å². The van der Waals surface area contributed by atoms with Crippen LogP contribution in [0.1, 0.15) is 31.1 Å². The average molecular weight is 441 g/mol. The number of thiocarbonyl (C=S) groups is 1. The van der Waals surface area contributed by atoms with E-state index in [9.17, 15) is 4.79 Å². The number of nitrogens with zero attached hydrogens (tertiary/aromatic N) is 2. The van der Waals surface area contributed by atoms with Gasteiger partial charge < -0.3 is 19.9 Å². The zero-order chi connectivity index (χ0) is 22.2. The summed E-state index contributed by atoms with van der Waals surface area (Å²) in [4.78, 5) is 17.4. The van der Waals surface area contributed by atoms with Crippen LogP contribution in [0.25, 0.3) is 0 Å². The van der Waals surface area contributed by atoms with Crippen LogP contribution in [0.4, 0.5) is 11.4 Å². The summed E-state index contributed by atoms with van der Waals surface area (Å²) >= 11 is 5.32. The van der Waals surface area contributed by atoms with Gasteiger partial charge in [-0.3, -0.25) is 10.1 Å². The largest absolute Gasteiger partial charge is 0.493 e. The van der Waals surface area contributed by atoms with E-state index >= 15 is 0 Å². The Morgan fingerprint density at radius 2 is 1.81 bits per heavy atom. The molecule has 0 unspecified atom stereocenters. The number of hydrogen-bond acceptors (Lipinski definition) is 5. The molecule has 0 atom stereocenters. The maximum absolute atomic E-state index is 12.5. The number of anilines is 2. The monoisotopic (exact) mass is 440 g/mol. The quantitative estimate of drug-likeness (QED) is 0.635. The topological polar surface area (TPSA) is 56.8 Å². The fourth-order valence-electron chi connectivity index (χ4n) is 3.41. The lowest BCUT2D eigenvalue weighted by molar-refractivity contribution is 0.0977. The molecule has 7 heteroatoms. The van der Waals surface area contributed by atoms with Gasteiger partial charge in [0, 0.05) is 43.1 Å². The number of likely N-dealkylation sites (N-methyl/N-ethyl adjacent to an activating group) is 1. The summed E-state index contributed by atoms with van der Waals surface area (Å²) in [5.41, 5.74) is 2.55. The van der Waals surface area contributed by atoms with Crippen LogP contribution < -0.4 is 20.3 Å². The van der Waals surface area contributed by atoms with Crippen molar-refractivity contribution >= 4 is 34.6 Å². The Morgan fingerprint density at radius 1 is 1.10 bits per heavy atom. The van der Waals surface area contributed by atoms with E-state index in [1.165, 1.54) is 5.69 Å². The first-order valence-electron chi connectivity index (χ1n) is 10.9. The second kappa shape index (κ2) is 11.1. The molecular weight excluding hydrogens is 408 g/mol. The van der Waals surface area contributed by atoms with Crippen LogP contribution in [-0.4, -0.2) is 55.3 Å². The molecule has 0 bridgehead atoms. The number of piperazine rings is 1. The Bertz CT molecular complexity index is 877. The molecule has 3 rings (SSSR count). The predicted octanol–water partition coefficient (Wildman–Crippen LogP) is 3.99. The highest BCUT2D eigenvalue weighted by molar-refractivity contribution is 7.80. The summed E-state index contributed by atoms with van der Waals surface area (Å²) < 4.78 is 5.70. The van der Waals surface area contributed by atoms with Gasteiger partial charge in [-0.15, -0.1) is 0 Å². The van der Waals surface area contributed by atoms with Crippen molar-refractivity contribution in [2.24, 2.45) is 5.92 Å². The number of benzene rings is 2. The van der Waals surface area contributed by atoms with E-state index in [-0.39, 0.29) is 11.0 Å². The molecular formula is C24H32N4O2S. The van der Waals surface area contributed by atoms with Gasteiger partial charge in [0.15, 0.2) is 5.11 Å². The van der Waals surface area contributed by atoms with Gasteiger partial charge in [-0.25, -0.2) is 0 Å². The molecule has 0 aliphatic carbocycles. The number of carbonyl (C=O) groups is 1. The van der Waals surface area contributed by atoms with Gasteiger partial charge in [-0.1, -0.05) is 26.8 Å². The Morgan fingerprint density at radius 3 is 2.45 bits per heavy atom. The predicted molar refractivity (Wildman–Crippen MR) is 131 cm³/mol. The van der Waals surface area contributed by atoms with E-state index in [0.29, 0.717) is 23.8 Å². The summed E-state index contributed by atoms with van der Waals surface area (Å²) in [7, 11) is 0. The van der Waals surface area contributed by atoms with Crippen LogP contribution in [0.3, 0.4) is 0 Å². The molecule has 6 nitrogen and oxygen atoms in total. The van der Waals surface area contributed by atoms with Gasteiger partial charge in [0.05, 0.1) is 6.61 Å². The first-order valence-corrected chi connectivity index (χ1v) is 11.3. The van der Waals surface area contributed by atoms with E-state index < -0.39 is 0 Å². The minimum atomic E-state index is -0.266. The number of hydrogen-bond donors (Lipinski definition) is 2. The van der Waals surface area contributed by atoms with E-state index in [2.05, 4.69) is 53.3 Å². The van der Waals surface area contributed by atoms with E-state index in [1.807, 2.05) is 18.2 Å². The summed E-state index contributed by atoms with van der Waals surface area (Å²) in [5, 5.41) is 6.09. The molecule has 2 aromatic carbocycles. The van der Waals surface area contributed by atoms with Crippen LogP contribution >= 0.6 is 12.2 Å². The van der Waals surface area contributed by atoms with Crippen molar-refractivity contribution in [3.05, 3.63) is 54.1 Å². The summed E-state index contributed by atoms with van der Waals surface area (Å²) in [5.74, 6) is 0.829. The fraction of sp³-hybridized carbons (Fsp3) is 0.417. The first-order chi connectivity index (χ1) is 14.9. The Kier molecular flexibility index (Phi) is 8.26. The molecule has 0 aromatic heterocycles. The summed E-state index contributed by atoms with van der Waals surface area (Å²) in [6, 6.07) is 15.3. The number of amides is 1. The van der Waals surface area contributed by atoms with Crippen molar-refractivity contribution < 1.29 is 9.53 Å². The lowest BCUT2D eigenvalue weighted by Gasteiger charge is -2.35. The van der Waals surface area contributed by atoms with Crippen molar-refractivity contribution in [3.63, 3.8) is 0 Å². The number of nitrogens with one attached hydrogen (secondary N) is 2. The molecule has 1 amide bonds. The van der Waals surface area contributed by atoms with Gasteiger partial charge in [0.25, 0.3) is 5.91 Å². The van der Waals surface area contributed by atoms with Gasteiger partial charge in [0.2, 0.25) is 0 Å². The number of carbonyl (C=O) groups excluding carboxylic acids is 1. The van der Waals surface area contributed by atoms with Crippen molar-refractivity contribution in [3.8, 4) is 5.75 Å². The molecule has 1 fully saturated rings. The minimum absolute atomic E-state index is 0.266. The van der Waals surface area contributed by atoms with Crippen LogP contribution in [0.5, 0.6) is 5.75 Å². The maximum Gasteiger partial charge on any atom is 0.257 e. The Labute approximate surface area is 190 Å². The summed E-state index contributed by atoms with van der Waals surface area (Å²) in [6.07, 6.45) is 0. The van der Waals surface area contributed by atoms with E-state index in [1.54, 1.807) is 18.2 Å². The molecule has 0 spiro atoms. The Hall–Kier alpha value is -2.64. The van der Waals surface area contributed by atoms with Gasteiger partial charge in [-0.2, -0.15) is 0 Å². The molecule has 166 valence electrons. The van der Waals surface area contributed by atoms with Crippen LogP contribution in [-0.2, 0) is 0 Å². The number of ether oxygens (including phenoxy) is 1.